The zero-order chi connectivity index (χ0) is 46.6. The van der Waals surface area contributed by atoms with Crippen LogP contribution in [0.4, 0.5) is 0 Å². The predicted octanol–water partition coefficient (Wildman–Crippen LogP) is -2.47. The number of amides is 7. The van der Waals surface area contributed by atoms with Gasteiger partial charge in [-0.05, 0) is 82.6 Å². The molecular formula is C38H69N11O10S2. The first-order valence-electron chi connectivity index (χ1n) is 20.5. The van der Waals surface area contributed by atoms with Gasteiger partial charge in [0.05, 0.1) is 12.1 Å². The molecule has 0 spiro atoms. The summed E-state index contributed by atoms with van der Waals surface area (Å²) < 4.78 is 0. The number of guanidine groups is 1. The van der Waals surface area contributed by atoms with Gasteiger partial charge in [0.1, 0.15) is 42.3 Å². The molecule has 1 fully saturated rings. The lowest BCUT2D eigenvalue weighted by Gasteiger charge is -2.30. The third-order valence-electron chi connectivity index (χ3n) is 9.66. The van der Waals surface area contributed by atoms with Gasteiger partial charge in [-0.1, -0.05) is 27.7 Å². The maximum atomic E-state index is 13.9. The van der Waals surface area contributed by atoms with E-state index in [1.807, 2.05) is 6.26 Å². The molecule has 23 heteroatoms. The molecule has 1 heterocycles. The van der Waals surface area contributed by atoms with Crippen molar-refractivity contribution in [2.75, 3.05) is 30.9 Å². The van der Waals surface area contributed by atoms with Gasteiger partial charge in [0, 0.05) is 18.8 Å². The number of carbonyl (C=O) groups is 8. The van der Waals surface area contributed by atoms with E-state index in [9.17, 15) is 48.6 Å². The number of thioether (sulfide) groups is 1. The number of nitrogens with zero attached hydrogens (tertiary/aromatic N) is 2. The number of thiol groups is 1. The van der Waals surface area contributed by atoms with Crippen molar-refractivity contribution >= 4 is 77.7 Å². The van der Waals surface area contributed by atoms with Crippen LogP contribution in [0.5, 0.6) is 0 Å². The summed E-state index contributed by atoms with van der Waals surface area (Å²) in [5.41, 5.74) is 16.9. The van der Waals surface area contributed by atoms with Gasteiger partial charge in [-0.25, -0.2) is 4.79 Å². The van der Waals surface area contributed by atoms with Crippen molar-refractivity contribution in [1.82, 2.24) is 36.8 Å². The molecule has 9 atom stereocenters. The SMILES string of the molecule is CSCC[C@H](N)C(=O)N[C@@H](C)C(=O)N1CCC[C@H]1C(=O)N[C@@H](CCCN=C(N)N)C(=O)N[C@H](C(=O)N[C@@H](CC(C)C)C(=O)N[C@@H](CS)C(=O)N[C@@H](CC(C)C)C(=O)O)[C@@H](C)O. The minimum atomic E-state index is -1.64. The average molecular weight is 904 g/mol. The van der Waals surface area contributed by atoms with Gasteiger partial charge in [0.2, 0.25) is 41.4 Å². The lowest BCUT2D eigenvalue weighted by Crippen LogP contribution is -2.62. The summed E-state index contributed by atoms with van der Waals surface area (Å²) in [6.07, 6.45) is 1.88. The van der Waals surface area contributed by atoms with E-state index in [-0.39, 0.29) is 68.7 Å². The van der Waals surface area contributed by atoms with E-state index in [2.05, 4.69) is 49.5 Å². The summed E-state index contributed by atoms with van der Waals surface area (Å²) >= 11 is 5.69. The van der Waals surface area contributed by atoms with Crippen LogP contribution in [0.25, 0.3) is 0 Å². The lowest BCUT2D eigenvalue weighted by atomic mass is 10.0. The van der Waals surface area contributed by atoms with Crippen LogP contribution >= 0.6 is 24.4 Å². The Morgan fingerprint density at radius 2 is 1.33 bits per heavy atom. The Hall–Kier alpha value is -4.35. The van der Waals surface area contributed by atoms with Crippen LogP contribution in [0.15, 0.2) is 4.99 Å². The average Bonchev–Trinajstić information content (AvgIpc) is 3.67. The van der Waals surface area contributed by atoms with Gasteiger partial charge in [-0.15, -0.1) is 0 Å². The van der Waals surface area contributed by atoms with E-state index in [0.717, 1.165) is 0 Å². The summed E-state index contributed by atoms with van der Waals surface area (Å²) in [7, 11) is 0. The lowest BCUT2D eigenvalue weighted by molar-refractivity contribution is -0.142. The third kappa shape index (κ3) is 19.5. The molecule has 0 aromatic heterocycles. The second-order valence-electron chi connectivity index (χ2n) is 16.0. The topological polar surface area (TPSA) is 343 Å². The van der Waals surface area contributed by atoms with Crippen LogP contribution in [0.2, 0.25) is 0 Å². The number of carboxylic acid groups (broad SMARTS) is 1. The minimum absolute atomic E-state index is 0.0327. The Balaban J connectivity index is 3.24. The summed E-state index contributed by atoms with van der Waals surface area (Å²) in [4.78, 5) is 111. The van der Waals surface area contributed by atoms with Crippen LogP contribution in [0.3, 0.4) is 0 Å². The van der Waals surface area contributed by atoms with Crippen molar-refractivity contribution in [3.63, 3.8) is 0 Å². The molecule has 21 nitrogen and oxygen atoms in total. The summed E-state index contributed by atoms with van der Waals surface area (Å²) in [5.74, 6) is -6.32. The molecule has 7 amide bonds. The molecule has 1 aliphatic heterocycles. The second kappa shape index (κ2) is 27.6. The third-order valence-corrected chi connectivity index (χ3v) is 10.7. The highest BCUT2D eigenvalue weighted by Crippen LogP contribution is 2.20. The minimum Gasteiger partial charge on any atom is -0.480 e. The van der Waals surface area contributed by atoms with E-state index in [4.69, 9.17) is 17.2 Å². The molecule has 0 aliphatic carbocycles. The van der Waals surface area contributed by atoms with Crippen LogP contribution in [-0.2, 0) is 38.4 Å². The van der Waals surface area contributed by atoms with Gasteiger partial charge in [0.25, 0.3) is 0 Å². The number of likely N-dealkylation sites (tertiary alicyclic amines) is 1. The van der Waals surface area contributed by atoms with Crippen molar-refractivity contribution in [1.29, 1.82) is 0 Å². The van der Waals surface area contributed by atoms with E-state index >= 15 is 0 Å². The Labute approximate surface area is 367 Å². The van der Waals surface area contributed by atoms with Crippen LogP contribution in [-0.4, -0.2) is 154 Å². The van der Waals surface area contributed by atoms with Crippen LogP contribution in [0, 0.1) is 11.8 Å². The van der Waals surface area contributed by atoms with Crippen LogP contribution < -0.4 is 49.1 Å². The van der Waals surface area contributed by atoms with Crippen molar-refractivity contribution in [2.45, 2.75) is 141 Å². The van der Waals surface area contributed by atoms with E-state index in [0.29, 0.717) is 18.6 Å². The molecule has 0 saturated carbocycles. The monoisotopic (exact) mass is 903 g/mol. The van der Waals surface area contributed by atoms with E-state index in [1.54, 1.807) is 27.7 Å². The number of hydrogen-bond acceptors (Lipinski definition) is 13. The zero-order valence-electron chi connectivity index (χ0n) is 36.3. The number of nitrogens with two attached hydrogens (primary N) is 3. The molecule has 0 radical (unpaired) electrons. The number of carboxylic acids is 1. The Morgan fingerprint density at radius 1 is 0.770 bits per heavy atom. The molecule has 0 aromatic carbocycles. The fourth-order valence-electron chi connectivity index (χ4n) is 6.41. The van der Waals surface area contributed by atoms with E-state index in [1.165, 1.54) is 30.5 Å². The molecule has 1 aliphatic rings. The fourth-order valence-corrected chi connectivity index (χ4v) is 7.15. The molecule has 0 unspecified atom stereocenters. The number of carbonyl (C=O) groups excluding carboxylic acids is 7. The largest absolute Gasteiger partial charge is 0.480 e. The van der Waals surface area contributed by atoms with Gasteiger partial charge in [-0.3, -0.25) is 38.6 Å². The van der Waals surface area contributed by atoms with Gasteiger partial charge >= 0.3 is 5.97 Å². The molecule has 0 aromatic rings. The van der Waals surface area contributed by atoms with E-state index < -0.39 is 102 Å². The molecule has 0 bridgehead atoms. The number of aliphatic hydroxyl groups excluding tert-OH is 1. The number of rotatable bonds is 27. The molecule has 14 N–H and O–H groups in total. The molecule has 1 rings (SSSR count). The number of aliphatic hydroxyl groups is 1. The van der Waals surface area contributed by atoms with Crippen molar-refractivity contribution < 1.29 is 48.6 Å². The van der Waals surface area contributed by atoms with Crippen molar-refractivity contribution in [3.05, 3.63) is 0 Å². The number of hydrogen-bond donors (Lipinski definition) is 12. The molecule has 61 heavy (non-hydrogen) atoms. The highest BCUT2D eigenvalue weighted by Gasteiger charge is 2.39. The second-order valence-corrected chi connectivity index (χ2v) is 17.4. The first-order chi connectivity index (χ1) is 28.5. The summed E-state index contributed by atoms with van der Waals surface area (Å²) in [5, 5.41) is 35.5. The maximum absolute atomic E-state index is 13.9. The predicted molar refractivity (Wildman–Crippen MR) is 235 cm³/mol. The zero-order valence-corrected chi connectivity index (χ0v) is 38.0. The standard InChI is InChI=1S/C38H69N11O10S2/c1-19(2)16-25(32(53)47-27(18-60)33(54)46-26(37(58)59)17-20(3)4)45-35(56)29(22(6)50)48-31(52)24(10-8-13-42-38(40)41)44-34(55)28-11-9-14-49(28)36(57)21(5)43-30(51)23(39)12-15-61-7/h19-29,50,60H,8-18,39H2,1-7H3,(H,43,51)(H,44,55)(H,45,56)(H,46,54)(H,47,53)(H,48,52)(H,58,59)(H4,40,41,42)/t21-,22+,23-,24-,25-,26-,27-,28-,29-/m0/s1. The first-order valence-corrected chi connectivity index (χ1v) is 22.5. The number of aliphatic imine (C=N–C) groups is 1. The van der Waals surface area contributed by atoms with Gasteiger partial charge < -0.3 is 64.2 Å². The highest BCUT2D eigenvalue weighted by molar-refractivity contribution is 7.98. The fraction of sp³-hybridized carbons (Fsp3) is 0.763. The highest BCUT2D eigenvalue weighted by atomic mass is 32.2. The number of aliphatic carboxylic acids is 1. The maximum Gasteiger partial charge on any atom is 0.326 e. The summed E-state index contributed by atoms with van der Waals surface area (Å²) in [6, 6.07) is -9.51. The van der Waals surface area contributed by atoms with Crippen LogP contribution in [0.1, 0.15) is 86.5 Å². The first kappa shape index (κ1) is 54.7. The number of nitrogens with one attached hydrogen (secondary N) is 6. The Bertz CT molecular complexity index is 1530. The molecule has 348 valence electrons. The smallest absolute Gasteiger partial charge is 0.326 e. The molecular weight excluding hydrogens is 835 g/mol. The Morgan fingerprint density at radius 3 is 1.87 bits per heavy atom. The van der Waals surface area contributed by atoms with Gasteiger partial charge in [-0.2, -0.15) is 24.4 Å². The van der Waals surface area contributed by atoms with Gasteiger partial charge in [0.15, 0.2) is 5.96 Å². The summed E-state index contributed by atoms with van der Waals surface area (Å²) in [6.45, 7) is 10.2. The quantitative estimate of drug-likeness (QED) is 0.0176. The van der Waals surface area contributed by atoms with Crippen molar-refractivity contribution in [3.8, 4) is 0 Å². The Kier molecular flexibility index (Phi) is 24.7. The molecule has 1 saturated heterocycles. The van der Waals surface area contributed by atoms with Crippen molar-refractivity contribution in [2.24, 2.45) is 34.0 Å². The normalized spacial score (nSPS) is 17.7.